The molecule has 0 heterocycles. The molecule has 0 radical (unpaired) electrons. The van der Waals surface area contributed by atoms with Crippen molar-refractivity contribution in [3.05, 3.63) is 52.1 Å². The van der Waals surface area contributed by atoms with Crippen molar-refractivity contribution in [3.8, 4) is 0 Å². The predicted octanol–water partition coefficient (Wildman–Crippen LogP) is 4.96. The van der Waals surface area contributed by atoms with Gasteiger partial charge in [-0.3, -0.25) is 0 Å². The fourth-order valence-corrected chi connectivity index (χ4v) is 6.96. The van der Waals surface area contributed by atoms with E-state index in [4.69, 9.17) is 25.3 Å². The Balaban J connectivity index is 0. The van der Waals surface area contributed by atoms with E-state index < -0.39 is 0 Å². The molecule has 2 atom stereocenters. The van der Waals surface area contributed by atoms with Crippen LogP contribution in [0.4, 0.5) is 0 Å². The van der Waals surface area contributed by atoms with Crippen LogP contribution in [0.3, 0.4) is 0 Å². The molecule has 2 rings (SSSR count). The van der Waals surface area contributed by atoms with Crippen LogP contribution in [0.5, 0.6) is 0 Å². The van der Waals surface area contributed by atoms with Crippen LogP contribution in [-0.2, 0) is 19.2 Å². The normalized spacial score (nSPS) is 21.6. The summed E-state index contributed by atoms with van der Waals surface area (Å²) in [6, 6.07) is 4.65. The predicted molar refractivity (Wildman–Crippen MR) is 161 cm³/mol. The molecule has 0 fully saturated rings. The minimum atomic E-state index is -0.0868. The van der Waals surface area contributed by atoms with Gasteiger partial charge in [-0.15, -0.1) is 12.6 Å². The molecule has 5 heteroatoms. The van der Waals surface area contributed by atoms with E-state index in [0.717, 1.165) is 6.42 Å². The summed E-state index contributed by atoms with van der Waals surface area (Å²) in [4.78, 5) is 1.19. The van der Waals surface area contributed by atoms with Crippen LogP contribution in [0.15, 0.2) is 40.3 Å². The number of allylic oxidation sites excluding steroid dienone is 3. The van der Waals surface area contributed by atoms with Gasteiger partial charge in [0.25, 0.3) is 0 Å². The van der Waals surface area contributed by atoms with Crippen LogP contribution in [0.1, 0.15) is 131 Å². The van der Waals surface area contributed by atoms with Gasteiger partial charge in [-0.05, 0) is 34.4 Å². The summed E-state index contributed by atoms with van der Waals surface area (Å²) in [6.45, 7) is 29.4. The number of hydrogen-bond donors (Lipinski definition) is 2. The molecule has 37 heavy (non-hydrogen) atoms. The summed E-state index contributed by atoms with van der Waals surface area (Å²) >= 11 is 13.6. The molecule has 0 amide bonds. The SMILES string of the molecule is CC(C)c1cc(C(C)C)c(S)c(C(C)C)c1.CCC1(S)C(C(C)C)=CC(C(C)C)=C[C]1([Pd+2])C(C)C.[Cl-].[Cl-]. The van der Waals surface area contributed by atoms with Crippen LogP contribution in [0.25, 0.3) is 0 Å². The van der Waals surface area contributed by atoms with Crippen LogP contribution < -0.4 is 24.8 Å². The second-order valence-corrected chi connectivity index (χ2v) is 14.6. The van der Waals surface area contributed by atoms with Crippen molar-refractivity contribution < 1.29 is 44.0 Å². The van der Waals surface area contributed by atoms with Gasteiger partial charge in [0.1, 0.15) is 0 Å². The summed E-state index contributed by atoms with van der Waals surface area (Å²) in [5.41, 5.74) is 7.13. The Morgan fingerprint density at radius 1 is 0.730 bits per heavy atom. The third-order valence-corrected chi connectivity index (χ3v) is 11.0. The average molecular weight is 679 g/mol. The summed E-state index contributed by atoms with van der Waals surface area (Å²) in [5.74, 6) is 3.29. The molecule has 217 valence electrons. The fraction of sp³-hybridized carbons (Fsp3) is 0.688. The molecule has 0 nitrogen and oxygen atoms in total. The summed E-state index contributed by atoms with van der Waals surface area (Å²) in [7, 11) is 0. The molecule has 0 bridgehead atoms. The van der Waals surface area contributed by atoms with Crippen molar-refractivity contribution in [1.29, 1.82) is 0 Å². The molecular formula is C32H53Cl2PdS2. The number of thiol groups is 2. The Morgan fingerprint density at radius 2 is 1.16 bits per heavy atom. The van der Waals surface area contributed by atoms with Crippen molar-refractivity contribution in [2.45, 2.75) is 128 Å². The van der Waals surface area contributed by atoms with Gasteiger partial charge in [-0.1, -0.05) is 53.7 Å². The zero-order valence-corrected chi connectivity index (χ0v) is 30.3. The minimum Gasteiger partial charge on any atom is -1.00 e. The molecule has 2 unspecified atom stereocenters. The maximum Gasteiger partial charge on any atom is -1.00 e. The average Bonchev–Trinajstić information content (AvgIpc) is 2.74. The summed E-state index contributed by atoms with van der Waals surface area (Å²) in [6.07, 6.45) is 5.88. The van der Waals surface area contributed by atoms with E-state index in [0.29, 0.717) is 35.5 Å². The van der Waals surface area contributed by atoms with Gasteiger partial charge in [-0.2, -0.15) is 0 Å². The van der Waals surface area contributed by atoms with Crippen molar-refractivity contribution in [3.63, 3.8) is 0 Å². The van der Waals surface area contributed by atoms with Crippen LogP contribution in [-0.4, -0.2) is 4.75 Å². The van der Waals surface area contributed by atoms with Crippen molar-refractivity contribution in [2.24, 2.45) is 17.8 Å². The maximum atomic E-state index is 5.16. The molecule has 0 aromatic heterocycles. The Kier molecular flexibility index (Phi) is 17.4. The van der Waals surface area contributed by atoms with E-state index in [2.05, 4.69) is 133 Å². The Labute approximate surface area is 265 Å². The first-order valence-electron chi connectivity index (χ1n) is 13.6. The van der Waals surface area contributed by atoms with Gasteiger partial charge in [0.2, 0.25) is 0 Å². The second-order valence-electron chi connectivity index (χ2n) is 12.2. The second kappa shape index (κ2) is 16.2. The minimum absolute atomic E-state index is 0. The van der Waals surface area contributed by atoms with Gasteiger partial charge in [0, 0.05) is 4.90 Å². The van der Waals surface area contributed by atoms with Crippen molar-refractivity contribution in [2.75, 3.05) is 0 Å². The molecule has 0 aliphatic heterocycles. The number of rotatable bonds is 7. The van der Waals surface area contributed by atoms with E-state index in [9.17, 15) is 0 Å². The zero-order chi connectivity index (χ0) is 27.5. The van der Waals surface area contributed by atoms with E-state index in [1.54, 1.807) is 0 Å². The number of halogens is 2. The number of hydrogen-bond acceptors (Lipinski definition) is 2. The third kappa shape index (κ3) is 9.07. The summed E-state index contributed by atoms with van der Waals surface area (Å²) in [5, 5.41) is 0. The molecule has 1 aliphatic rings. The smallest absolute Gasteiger partial charge is 1.00 e. The molecule has 0 saturated heterocycles. The summed E-state index contributed by atoms with van der Waals surface area (Å²) < 4.78 is -0.113. The van der Waals surface area contributed by atoms with Gasteiger partial charge in [-0.25, -0.2) is 0 Å². The topological polar surface area (TPSA) is 0 Å². The standard InChI is InChI=1S/C17H29S.C15H24S.2ClH.Pd/c1-8-17(18)15(12(4)5)9-14(11(2)3)10-16(17)13(6)7;1-9(2)12-7-13(10(3)4)15(16)14(8-12)11(5)6;;;/h9-13,18H,8H2,1-7H3;7-11,16H,1-6H3;2*1H;/q;;;;+2/p-2. The molecule has 1 aromatic carbocycles. The van der Waals surface area contributed by atoms with Crippen LogP contribution >= 0.6 is 25.3 Å². The van der Waals surface area contributed by atoms with Gasteiger partial charge >= 0.3 is 136 Å². The van der Waals surface area contributed by atoms with Crippen LogP contribution in [0, 0.1) is 17.8 Å². The maximum absolute atomic E-state index is 5.16. The van der Waals surface area contributed by atoms with Gasteiger partial charge in [0.15, 0.2) is 0 Å². The fourth-order valence-electron chi connectivity index (χ4n) is 4.91. The van der Waals surface area contributed by atoms with Gasteiger partial charge < -0.3 is 24.8 Å². The van der Waals surface area contributed by atoms with Crippen molar-refractivity contribution in [1.82, 2.24) is 0 Å². The Bertz CT molecular complexity index is 886. The van der Waals surface area contributed by atoms with Crippen molar-refractivity contribution >= 4 is 25.3 Å². The largest absolute Gasteiger partial charge is 1.00 e. The first-order valence-corrected chi connectivity index (χ1v) is 15.3. The monoisotopic (exact) mass is 677 g/mol. The first-order chi connectivity index (χ1) is 15.9. The molecule has 1 aromatic rings. The Hall–Kier alpha value is 0.642. The number of benzene rings is 1. The van der Waals surface area contributed by atoms with E-state index in [-0.39, 0.29) is 33.4 Å². The van der Waals surface area contributed by atoms with E-state index >= 15 is 0 Å². The zero-order valence-electron chi connectivity index (χ0n) is 25.4. The van der Waals surface area contributed by atoms with E-state index in [1.807, 2.05) is 0 Å². The third-order valence-electron chi connectivity index (χ3n) is 7.48. The first kappa shape index (κ1) is 39.8. The van der Waals surface area contributed by atoms with Gasteiger partial charge in [0.05, 0.1) is 0 Å². The molecule has 1 aliphatic carbocycles. The Morgan fingerprint density at radius 3 is 1.43 bits per heavy atom. The van der Waals surface area contributed by atoms with Crippen LogP contribution in [0.2, 0.25) is 3.89 Å². The molecular weight excluding hydrogens is 626 g/mol. The molecule has 0 saturated carbocycles. The quantitative estimate of drug-likeness (QED) is 0.296. The van der Waals surface area contributed by atoms with E-state index in [1.165, 1.54) is 32.7 Å². The molecule has 0 N–H and O–H groups in total. The molecule has 0 spiro atoms.